The smallest absolute Gasteiger partial charge is 0.408 e. The van der Waals surface area contributed by atoms with Crippen molar-refractivity contribution in [3.05, 3.63) is 82.6 Å². The lowest BCUT2D eigenvalue weighted by Gasteiger charge is -2.16. The Labute approximate surface area is 181 Å². The summed E-state index contributed by atoms with van der Waals surface area (Å²) < 4.78 is 6.93. The summed E-state index contributed by atoms with van der Waals surface area (Å²) in [5.74, 6) is 0.145. The van der Waals surface area contributed by atoms with Crippen LogP contribution in [0.4, 0.5) is 17.5 Å². The number of aromatic nitrogens is 4. The van der Waals surface area contributed by atoms with Crippen LogP contribution in [0.5, 0.6) is 0 Å². The molecule has 0 aliphatic rings. The number of anilines is 3. The number of H-pyrrole nitrogens is 1. The van der Waals surface area contributed by atoms with Gasteiger partial charge >= 0.3 is 5.76 Å². The van der Waals surface area contributed by atoms with Crippen molar-refractivity contribution in [3.8, 4) is 23.0 Å². The van der Waals surface area contributed by atoms with E-state index in [2.05, 4.69) is 26.3 Å². The zero-order valence-electron chi connectivity index (χ0n) is 17.0. The first kappa shape index (κ1) is 19.1. The third-order valence-electron chi connectivity index (χ3n) is 5.10. The van der Waals surface area contributed by atoms with Gasteiger partial charge in [0.25, 0.3) is 0 Å². The summed E-state index contributed by atoms with van der Waals surface area (Å²) in [6.45, 7) is 1.91. The summed E-state index contributed by atoms with van der Waals surface area (Å²) in [5.41, 5.74) is 11.5. The molecule has 0 atom stereocenters. The first-order chi connectivity index (χ1) is 15.5. The largest absolute Gasteiger partial charge is 0.417 e. The average Bonchev–Trinajstić information content (AvgIpc) is 3.41. The van der Waals surface area contributed by atoms with Crippen molar-refractivity contribution in [3.63, 3.8) is 0 Å². The van der Waals surface area contributed by atoms with E-state index in [1.807, 2.05) is 42.0 Å². The Balaban J connectivity index is 1.59. The van der Waals surface area contributed by atoms with E-state index >= 15 is 0 Å². The third-order valence-corrected chi connectivity index (χ3v) is 5.10. The second-order valence-electron chi connectivity index (χ2n) is 7.19. The molecule has 5 aromatic rings. The number of benzene rings is 2. The minimum atomic E-state index is -0.511. The number of oxazole rings is 1. The molecule has 0 saturated carbocycles. The van der Waals surface area contributed by atoms with E-state index in [0.29, 0.717) is 33.9 Å². The summed E-state index contributed by atoms with van der Waals surface area (Å²) in [5, 5.41) is 12.4. The number of nitrogens with one attached hydrogen (secondary N) is 2. The molecule has 156 valence electrons. The van der Waals surface area contributed by atoms with E-state index in [4.69, 9.17) is 10.2 Å². The van der Waals surface area contributed by atoms with Gasteiger partial charge in [0.15, 0.2) is 5.58 Å². The maximum atomic E-state index is 11.4. The highest BCUT2D eigenvalue weighted by molar-refractivity contribution is 5.81. The summed E-state index contributed by atoms with van der Waals surface area (Å²) in [4.78, 5) is 22.9. The predicted molar refractivity (Wildman–Crippen MR) is 121 cm³/mol. The van der Waals surface area contributed by atoms with Crippen molar-refractivity contribution < 1.29 is 4.42 Å². The Morgan fingerprint density at radius 1 is 1.19 bits per heavy atom. The van der Waals surface area contributed by atoms with E-state index in [1.54, 1.807) is 30.5 Å². The number of rotatable bonds is 4. The van der Waals surface area contributed by atoms with Crippen molar-refractivity contribution in [2.75, 3.05) is 11.1 Å². The minimum absolute atomic E-state index is 0.117. The summed E-state index contributed by atoms with van der Waals surface area (Å²) in [6.07, 6.45) is 3.59. The molecule has 0 bridgehead atoms. The molecule has 9 heteroatoms. The maximum absolute atomic E-state index is 11.4. The van der Waals surface area contributed by atoms with Crippen LogP contribution < -0.4 is 16.8 Å². The van der Waals surface area contributed by atoms with Crippen LogP contribution in [-0.2, 0) is 0 Å². The van der Waals surface area contributed by atoms with Gasteiger partial charge in [0.05, 0.1) is 22.5 Å². The normalized spacial score (nSPS) is 10.9. The van der Waals surface area contributed by atoms with Crippen molar-refractivity contribution in [2.24, 2.45) is 0 Å². The number of fused-ring (bicyclic) bond motifs is 1. The summed E-state index contributed by atoms with van der Waals surface area (Å²) in [7, 11) is 0. The quantitative estimate of drug-likeness (QED) is 0.399. The molecule has 0 saturated heterocycles. The monoisotopic (exact) mass is 423 g/mol. The number of nitrogen functional groups attached to an aromatic ring is 1. The van der Waals surface area contributed by atoms with Crippen molar-refractivity contribution >= 4 is 28.6 Å². The van der Waals surface area contributed by atoms with Gasteiger partial charge in [-0.2, -0.15) is 10.2 Å². The molecule has 0 aliphatic carbocycles. The van der Waals surface area contributed by atoms with Crippen molar-refractivity contribution in [1.29, 1.82) is 5.26 Å². The highest BCUT2D eigenvalue weighted by Crippen LogP contribution is 2.32. The lowest BCUT2D eigenvalue weighted by atomic mass is 10.0. The first-order valence-electron chi connectivity index (χ1n) is 9.74. The average molecular weight is 423 g/mol. The van der Waals surface area contributed by atoms with Gasteiger partial charge in [-0.15, -0.1) is 0 Å². The van der Waals surface area contributed by atoms with Gasteiger partial charge in [-0.3, -0.25) is 4.98 Å². The maximum Gasteiger partial charge on any atom is 0.417 e. The fourth-order valence-corrected chi connectivity index (χ4v) is 3.60. The van der Waals surface area contributed by atoms with Crippen LogP contribution in [0.2, 0.25) is 0 Å². The van der Waals surface area contributed by atoms with Gasteiger partial charge in [0.2, 0.25) is 5.95 Å². The Morgan fingerprint density at radius 2 is 2.03 bits per heavy atom. The molecule has 0 fully saturated rings. The zero-order chi connectivity index (χ0) is 22.2. The molecule has 0 amide bonds. The van der Waals surface area contributed by atoms with Gasteiger partial charge < -0.3 is 20.0 Å². The van der Waals surface area contributed by atoms with E-state index in [1.165, 1.54) is 0 Å². The first-order valence-corrected chi connectivity index (χ1v) is 9.74. The molecular weight excluding hydrogens is 406 g/mol. The summed E-state index contributed by atoms with van der Waals surface area (Å²) in [6, 6.07) is 16.9. The number of para-hydroxylation sites is 1. The number of hydrogen-bond donors (Lipinski definition) is 3. The molecule has 32 heavy (non-hydrogen) atoms. The fraction of sp³-hybridized carbons (Fsp3) is 0.0435. The molecule has 0 aliphatic heterocycles. The standard InChI is InChI=1S/C23H17N7O2/c1-13-20(16-4-2-3-5-18(16)30-9-8-14(11-24)12-30)28-22(25)29-21(13)26-15-6-7-19-17(10-15)27-23(31)32-19/h2-10,12H,1H3,(H,27,31)(H3,25,26,28,29). The molecule has 0 unspecified atom stereocenters. The Kier molecular flexibility index (Phi) is 4.45. The van der Waals surface area contributed by atoms with Crippen LogP contribution in [0.25, 0.3) is 28.0 Å². The third kappa shape index (κ3) is 3.36. The number of hydrogen-bond acceptors (Lipinski definition) is 7. The topological polar surface area (TPSA) is 139 Å². The SMILES string of the molecule is Cc1c(Nc2ccc3oc(=O)[nH]c3c2)nc(N)nc1-c1ccccc1-n1ccc(C#N)c1. The molecule has 0 spiro atoms. The van der Waals surface area contributed by atoms with E-state index in [9.17, 15) is 10.1 Å². The van der Waals surface area contributed by atoms with Crippen LogP contribution in [0.15, 0.2) is 70.1 Å². The fourth-order valence-electron chi connectivity index (χ4n) is 3.60. The molecule has 4 N–H and O–H groups in total. The lowest BCUT2D eigenvalue weighted by Crippen LogP contribution is -2.06. The van der Waals surface area contributed by atoms with Crippen LogP contribution in [0, 0.1) is 18.3 Å². The molecule has 5 rings (SSSR count). The zero-order valence-corrected chi connectivity index (χ0v) is 17.0. The Morgan fingerprint density at radius 3 is 2.84 bits per heavy atom. The molecule has 2 aromatic carbocycles. The van der Waals surface area contributed by atoms with Crippen LogP contribution in [0.3, 0.4) is 0 Å². The van der Waals surface area contributed by atoms with Crippen LogP contribution >= 0.6 is 0 Å². The minimum Gasteiger partial charge on any atom is -0.408 e. The number of aromatic amines is 1. The second kappa shape index (κ2) is 7.45. The van der Waals surface area contributed by atoms with Crippen molar-refractivity contribution in [2.45, 2.75) is 6.92 Å². The van der Waals surface area contributed by atoms with Gasteiger partial charge in [-0.25, -0.2) is 9.78 Å². The van der Waals surface area contributed by atoms with E-state index in [-0.39, 0.29) is 5.95 Å². The molecule has 0 radical (unpaired) electrons. The van der Waals surface area contributed by atoms with Gasteiger partial charge in [-0.05, 0) is 37.3 Å². The highest BCUT2D eigenvalue weighted by Gasteiger charge is 2.16. The summed E-state index contributed by atoms with van der Waals surface area (Å²) >= 11 is 0. The molecule has 3 heterocycles. The van der Waals surface area contributed by atoms with Gasteiger partial charge in [0.1, 0.15) is 11.9 Å². The Bertz CT molecular complexity index is 1570. The van der Waals surface area contributed by atoms with Gasteiger partial charge in [0, 0.05) is 29.2 Å². The van der Waals surface area contributed by atoms with Crippen molar-refractivity contribution in [1.82, 2.24) is 19.5 Å². The molecule has 9 nitrogen and oxygen atoms in total. The van der Waals surface area contributed by atoms with Gasteiger partial charge in [-0.1, -0.05) is 18.2 Å². The predicted octanol–water partition coefficient (Wildman–Crippen LogP) is 3.87. The van der Waals surface area contributed by atoms with E-state index in [0.717, 1.165) is 16.8 Å². The Hall–Kier alpha value is -4.84. The number of nitrogens with zero attached hydrogens (tertiary/aromatic N) is 4. The van der Waals surface area contributed by atoms with E-state index < -0.39 is 5.76 Å². The number of nitrogens with two attached hydrogens (primary N) is 1. The number of nitriles is 1. The molecular formula is C23H17N7O2. The molecule has 3 aromatic heterocycles. The second-order valence-corrected chi connectivity index (χ2v) is 7.19. The van der Waals surface area contributed by atoms with Crippen LogP contribution in [-0.4, -0.2) is 19.5 Å². The van der Waals surface area contributed by atoms with Crippen LogP contribution in [0.1, 0.15) is 11.1 Å². The highest BCUT2D eigenvalue weighted by atomic mass is 16.4. The lowest BCUT2D eigenvalue weighted by molar-refractivity contribution is 0.555.